The summed E-state index contributed by atoms with van der Waals surface area (Å²) < 4.78 is 27.4. The van der Waals surface area contributed by atoms with Gasteiger partial charge in [-0.3, -0.25) is 4.98 Å². The molecule has 0 unspecified atom stereocenters. The predicted molar refractivity (Wildman–Crippen MR) is 86.9 cm³/mol. The first-order valence-corrected chi connectivity index (χ1v) is 8.41. The Morgan fingerprint density at radius 2 is 1.78 bits per heavy atom. The first kappa shape index (κ1) is 15.2. The first-order chi connectivity index (χ1) is 11.1. The zero-order valence-electron chi connectivity index (χ0n) is 12.1. The molecule has 1 aromatic heterocycles. The molecular weight excluding hydrogens is 310 g/mol. The fourth-order valence-corrected chi connectivity index (χ4v) is 3.52. The highest BCUT2D eigenvalue weighted by Crippen LogP contribution is 2.18. The lowest BCUT2D eigenvalue weighted by Crippen LogP contribution is -2.24. The van der Waals surface area contributed by atoms with Gasteiger partial charge in [0.25, 0.3) is 0 Å². The van der Waals surface area contributed by atoms with E-state index in [4.69, 9.17) is 5.26 Å². The highest BCUT2D eigenvalue weighted by molar-refractivity contribution is 7.89. The van der Waals surface area contributed by atoms with Gasteiger partial charge in [-0.25, -0.2) is 13.1 Å². The second-order valence-electron chi connectivity index (χ2n) is 4.92. The molecule has 0 amide bonds. The quantitative estimate of drug-likeness (QED) is 0.800. The van der Waals surface area contributed by atoms with E-state index >= 15 is 0 Å². The summed E-state index contributed by atoms with van der Waals surface area (Å²) in [6.07, 6.45) is 1.65. The van der Waals surface area contributed by atoms with Crippen LogP contribution < -0.4 is 4.72 Å². The number of aromatic nitrogens is 1. The normalized spacial score (nSPS) is 11.3. The number of benzene rings is 2. The molecule has 1 heterocycles. The summed E-state index contributed by atoms with van der Waals surface area (Å²) in [7, 11) is -3.76. The molecule has 6 heteroatoms. The number of nitrogens with zero attached hydrogens (tertiary/aromatic N) is 2. The maximum atomic E-state index is 12.4. The molecule has 0 radical (unpaired) electrons. The summed E-state index contributed by atoms with van der Waals surface area (Å²) in [6.45, 7) is 0.130. The van der Waals surface area contributed by atoms with Crippen LogP contribution in [0.2, 0.25) is 0 Å². The van der Waals surface area contributed by atoms with Gasteiger partial charge in [0, 0.05) is 18.1 Å². The standard InChI is InChI=1S/C17H13N3O2S/c18-11-13-5-1-4-8-17(13)23(21,22)20-12-14-9-10-19-16-7-3-2-6-15(14)16/h1-10,20H,12H2. The van der Waals surface area contributed by atoms with Crippen LogP contribution in [0.4, 0.5) is 0 Å². The summed E-state index contributed by atoms with van der Waals surface area (Å²) >= 11 is 0. The van der Waals surface area contributed by atoms with Crippen molar-refractivity contribution in [1.82, 2.24) is 9.71 Å². The van der Waals surface area contributed by atoms with Gasteiger partial charge in [0.1, 0.15) is 6.07 Å². The van der Waals surface area contributed by atoms with Crippen LogP contribution in [0.15, 0.2) is 65.7 Å². The van der Waals surface area contributed by atoms with Crippen molar-refractivity contribution >= 4 is 20.9 Å². The molecule has 5 nitrogen and oxygen atoms in total. The number of fused-ring (bicyclic) bond motifs is 1. The van der Waals surface area contributed by atoms with Crippen LogP contribution in [0, 0.1) is 11.3 Å². The van der Waals surface area contributed by atoms with Crippen molar-refractivity contribution in [2.75, 3.05) is 0 Å². The van der Waals surface area contributed by atoms with E-state index in [1.165, 1.54) is 12.1 Å². The van der Waals surface area contributed by atoms with Gasteiger partial charge in [-0.1, -0.05) is 30.3 Å². The number of hydrogen-bond acceptors (Lipinski definition) is 4. The SMILES string of the molecule is N#Cc1ccccc1S(=O)(=O)NCc1ccnc2ccccc12. The molecule has 0 fully saturated rings. The minimum Gasteiger partial charge on any atom is -0.256 e. The largest absolute Gasteiger partial charge is 0.256 e. The Bertz CT molecular complexity index is 1000. The molecule has 0 aliphatic heterocycles. The van der Waals surface area contributed by atoms with E-state index in [9.17, 15) is 8.42 Å². The third-order valence-electron chi connectivity index (χ3n) is 3.49. The van der Waals surface area contributed by atoms with Gasteiger partial charge in [-0.15, -0.1) is 0 Å². The highest BCUT2D eigenvalue weighted by atomic mass is 32.2. The zero-order chi connectivity index (χ0) is 16.3. The zero-order valence-corrected chi connectivity index (χ0v) is 12.9. The van der Waals surface area contributed by atoms with Gasteiger partial charge in [-0.05, 0) is 29.8 Å². The summed E-state index contributed by atoms with van der Waals surface area (Å²) in [5.41, 5.74) is 1.76. The molecular formula is C17H13N3O2S. The summed E-state index contributed by atoms with van der Waals surface area (Å²) in [5, 5.41) is 9.95. The number of rotatable bonds is 4. The van der Waals surface area contributed by atoms with Crippen molar-refractivity contribution in [2.24, 2.45) is 0 Å². The van der Waals surface area contributed by atoms with E-state index in [2.05, 4.69) is 9.71 Å². The average molecular weight is 323 g/mol. The molecule has 0 saturated heterocycles. The second-order valence-corrected chi connectivity index (χ2v) is 6.66. The third-order valence-corrected chi connectivity index (χ3v) is 4.95. The van der Waals surface area contributed by atoms with Crippen molar-refractivity contribution in [3.05, 3.63) is 71.9 Å². The van der Waals surface area contributed by atoms with Gasteiger partial charge in [0.15, 0.2) is 0 Å². The van der Waals surface area contributed by atoms with Gasteiger partial charge < -0.3 is 0 Å². The minimum atomic E-state index is -3.76. The van der Waals surface area contributed by atoms with Crippen molar-refractivity contribution < 1.29 is 8.42 Å². The maximum Gasteiger partial charge on any atom is 0.242 e. The fraction of sp³-hybridized carbons (Fsp3) is 0.0588. The second kappa shape index (κ2) is 6.16. The summed E-state index contributed by atoms with van der Waals surface area (Å²) in [5.74, 6) is 0. The van der Waals surface area contributed by atoms with Crippen molar-refractivity contribution in [1.29, 1.82) is 5.26 Å². The number of para-hydroxylation sites is 1. The number of sulfonamides is 1. The molecule has 23 heavy (non-hydrogen) atoms. The Labute approximate surface area is 134 Å². The van der Waals surface area contributed by atoms with Crippen molar-refractivity contribution in [2.45, 2.75) is 11.4 Å². The Morgan fingerprint density at radius 1 is 1.04 bits per heavy atom. The van der Waals surface area contributed by atoms with E-state index < -0.39 is 10.0 Å². The molecule has 0 aliphatic carbocycles. The van der Waals surface area contributed by atoms with Crippen molar-refractivity contribution in [3.8, 4) is 6.07 Å². The molecule has 1 N–H and O–H groups in total. The third kappa shape index (κ3) is 3.06. The molecule has 114 valence electrons. The van der Waals surface area contributed by atoms with E-state index in [1.807, 2.05) is 30.3 Å². The van der Waals surface area contributed by atoms with E-state index in [0.29, 0.717) is 0 Å². The maximum absolute atomic E-state index is 12.4. The number of nitrogens with one attached hydrogen (secondary N) is 1. The Morgan fingerprint density at radius 3 is 2.61 bits per heavy atom. The lowest BCUT2D eigenvalue weighted by atomic mass is 10.1. The molecule has 0 atom stereocenters. The average Bonchev–Trinajstić information content (AvgIpc) is 2.60. The van der Waals surface area contributed by atoms with Crippen molar-refractivity contribution in [3.63, 3.8) is 0 Å². The molecule has 3 rings (SSSR count). The van der Waals surface area contributed by atoms with Crippen LogP contribution in [0.25, 0.3) is 10.9 Å². The number of nitriles is 1. The van der Waals surface area contributed by atoms with Crippen LogP contribution in [0.3, 0.4) is 0 Å². The van der Waals surface area contributed by atoms with E-state index in [1.54, 1.807) is 24.4 Å². The van der Waals surface area contributed by atoms with Gasteiger partial charge >= 0.3 is 0 Å². The Balaban J connectivity index is 1.92. The molecule has 0 bridgehead atoms. The topological polar surface area (TPSA) is 82.8 Å². The fourth-order valence-electron chi connectivity index (χ4n) is 2.35. The monoisotopic (exact) mass is 323 g/mol. The molecule has 2 aromatic carbocycles. The molecule has 0 aliphatic rings. The van der Waals surface area contributed by atoms with Crippen LogP contribution in [0.5, 0.6) is 0 Å². The molecule has 0 saturated carbocycles. The smallest absolute Gasteiger partial charge is 0.242 e. The summed E-state index contributed by atoms with van der Waals surface area (Å²) in [6, 6.07) is 17.3. The van der Waals surface area contributed by atoms with Gasteiger partial charge in [-0.2, -0.15) is 5.26 Å². The molecule has 3 aromatic rings. The minimum absolute atomic E-state index is 0.0131. The first-order valence-electron chi connectivity index (χ1n) is 6.93. The number of pyridine rings is 1. The highest BCUT2D eigenvalue weighted by Gasteiger charge is 2.18. The molecule has 0 spiro atoms. The van der Waals surface area contributed by atoms with Gasteiger partial charge in [0.05, 0.1) is 16.0 Å². The lowest BCUT2D eigenvalue weighted by molar-refractivity contribution is 0.581. The Hall–Kier alpha value is -2.75. The lowest BCUT2D eigenvalue weighted by Gasteiger charge is -2.10. The van der Waals surface area contributed by atoms with Crippen LogP contribution in [0.1, 0.15) is 11.1 Å². The Kier molecular flexibility index (Phi) is 4.06. The predicted octanol–water partition coefficient (Wildman–Crippen LogP) is 2.58. The van der Waals surface area contributed by atoms with Crippen LogP contribution in [-0.2, 0) is 16.6 Å². The van der Waals surface area contributed by atoms with E-state index in [0.717, 1.165) is 16.5 Å². The summed E-state index contributed by atoms with van der Waals surface area (Å²) in [4.78, 5) is 4.24. The van der Waals surface area contributed by atoms with Crippen LogP contribution in [-0.4, -0.2) is 13.4 Å². The van der Waals surface area contributed by atoms with Crippen LogP contribution >= 0.6 is 0 Å². The van der Waals surface area contributed by atoms with Gasteiger partial charge in [0.2, 0.25) is 10.0 Å². The van der Waals surface area contributed by atoms with E-state index in [-0.39, 0.29) is 17.0 Å². The number of hydrogen-bond donors (Lipinski definition) is 1.